The summed E-state index contributed by atoms with van der Waals surface area (Å²) in [4.78, 5) is 11.6. The Balaban J connectivity index is 0. The number of rotatable bonds is 4. The normalized spacial score (nSPS) is 13.4. The van der Waals surface area contributed by atoms with Crippen LogP contribution in [0.15, 0.2) is 11.5 Å². The summed E-state index contributed by atoms with van der Waals surface area (Å²) >= 11 is 0. The van der Waals surface area contributed by atoms with Gasteiger partial charge in [-0.1, -0.05) is 19.6 Å². The first-order valence-electron chi connectivity index (χ1n) is 5.22. The van der Waals surface area contributed by atoms with E-state index in [-0.39, 0.29) is 24.4 Å². The molecule has 0 radical (unpaired) electrons. The van der Waals surface area contributed by atoms with Crippen LogP contribution >= 0.6 is 0 Å². The Morgan fingerprint density at radius 2 is 1.29 bits per heavy atom. The van der Waals surface area contributed by atoms with Crippen molar-refractivity contribution >= 4 is 22.6 Å². The maximum atomic E-state index is 11.6. The summed E-state index contributed by atoms with van der Waals surface area (Å²) < 4.78 is 10.4. The van der Waals surface area contributed by atoms with Gasteiger partial charge in [-0.2, -0.15) is 0 Å². The van der Waals surface area contributed by atoms with E-state index in [1.165, 1.54) is 6.92 Å². The molecule has 0 heterocycles. The van der Waals surface area contributed by atoms with Gasteiger partial charge in [0, 0.05) is 0 Å². The maximum Gasteiger partial charge on any atom is 1.00 e. The Labute approximate surface area is 118 Å². The van der Waals surface area contributed by atoms with Crippen molar-refractivity contribution in [1.82, 2.24) is 0 Å². The van der Waals surface area contributed by atoms with E-state index in [4.69, 9.17) is 8.85 Å². The fourth-order valence-corrected chi connectivity index (χ4v) is 2.21. The smallest absolute Gasteiger partial charge is 0.634 e. The summed E-state index contributed by atoms with van der Waals surface area (Å²) in [5.74, 6) is -1.11. The van der Waals surface area contributed by atoms with Gasteiger partial charge in [0.2, 0.25) is 8.32 Å². The molecule has 0 bridgehead atoms. The van der Waals surface area contributed by atoms with E-state index in [1.807, 2.05) is 39.3 Å². The van der Waals surface area contributed by atoms with Gasteiger partial charge in [-0.25, -0.2) is 4.79 Å². The SMILES string of the molecule is CC(C(=O)O[Si](C)(C)C)=C([O-])O[Si](C)(C)C.[Li+]. The summed E-state index contributed by atoms with van der Waals surface area (Å²) in [6.45, 7) is 12.8. The largest absolute Gasteiger partial charge is 1.00 e. The molecule has 0 atom stereocenters. The first kappa shape index (κ1) is 19.2. The van der Waals surface area contributed by atoms with E-state index in [2.05, 4.69) is 0 Å². The van der Waals surface area contributed by atoms with E-state index >= 15 is 0 Å². The molecule has 0 aromatic carbocycles. The zero-order chi connectivity index (χ0) is 13.1. The van der Waals surface area contributed by atoms with Gasteiger partial charge in [0.25, 0.3) is 0 Å². The second-order valence-corrected chi connectivity index (χ2v) is 14.5. The molecule has 0 saturated heterocycles. The fraction of sp³-hybridized carbons (Fsp3) is 0.700. The van der Waals surface area contributed by atoms with Crippen molar-refractivity contribution in [2.75, 3.05) is 0 Å². The zero-order valence-corrected chi connectivity index (χ0v) is 14.1. The van der Waals surface area contributed by atoms with Crippen molar-refractivity contribution in [2.45, 2.75) is 46.2 Å². The Bertz CT molecular complexity index is 302. The average molecular weight is 268 g/mol. The van der Waals surface area contributed by atoms with E-state index < -0.39 is 28.5 Å². The predicted molar refractivity (Wildman–Crippen MR) is 66.6 cm³/mol. The van der Waals surface area contributed by atoms with E-state index in [0.717, 1.165) is 0 Å². The maximum absolute atomic E-state index is 11.6. The molecule has 7 heteroatoms. The van der Waals surface area contributed by atoms with Crippen LogP contribution in [-0.2, 0) is 13.6 Å². The molecule has 0 saturated carbocycles. The second kappa shape index (κ2) is 6.69. The van der Waals surface area contributed by atoms with Gasteiger partial charge >= 0.3 is 24.8 Å². The van der Waals surface area contributed by atoms with Crippen LogP contribution in [0.4, 0.5) is 0 Å². The Morgan fingerprint density at radius 3 is 1.59 bits per heavy atom. The van der Waals surface area contributed by atoms with Gasteiger partial charge in [-0.3, -0.25) is 0 Å². The zero-order valence-electron chi connectivity index (χ0n) is 12.1. The van der Waals surface area contributed by atoms with Crippen LogP contribution in [0, 0.1) is 0 Å². The van der Waals surface area contributed by atoms with Crippen molar-refractivity contribution in [2.24, 2.45) is 0 Å². The monoisotopic (exact) mass is 268 g/mol. The molecule has 0 aromatic rings. The molecule has 0 amide bonds. The summed E-state index contributed by atoms with van der Waals surface area (Å²) in [5, 5.41) is 11.6. The first-order valence-corrected chi connectivity index (χ1v) is 12.0. The molecule has 0 rings (SSSR count). The summed E-state index contributed by atoms with van der Waals surface area (Å²) in [6, 6.07) is 0. The minimum Gasteiger partial charge on any atom is -0.634 e. The van der Waals surface area contributed by atoms with Crippen LogP contribution in [0.25, 0.3) is 0 Å². The standard InChI is InChI=1S/C10H22O4Si2.Li/c1-8(9(11)13-15(2,3)4)10(12)14-16(5,6)7;/h11H,1-7H3;/q;+1/p-1. The molecule has 0 aliphatic carbocycles. The minimum atomic E-state index is -1.95. The Kier molecular flexibility index (Phi) is 7.55. The predicted octanol–water partition coefficient (Wildman–Crippen LogP) is -1.19. The van der Waals surface area contributed by atoms with Crippen molar-refractivity contribution in [3.05, 3.63) is 11.5 Å². The van der Waals surface area contributed by atoms with Crippen LogP contribution in [0.3, 0.4) is 0 Å². The molecule has 94 valence electrons. The topological polar surface area (TPSA) is 58.6 Å². The molecule has 0 aromatic heterocycles. The molecule has 0 aliphatic rings. The fourth-order valence-electron chi connectivity index (χ4n) is 0.793. The van der Waals surface area contributed by atoms with Crippen LogP contribution < -0.4 is 24.0 Å². The van der Waals surface area contributed by atoms with Crippen LogP contribution in [0.5, 0.6) is 0 Å². The van der Waals surface area contributed by atoms with Crippen molar-refractivity contribution in [3.8, 4) is 0 Å². The number of carbonyl (C=O) groups excluding carboxylic acids is 1. The summed E-state index contributed by atoms with van der Waals surface area (Å²) in [6.07, 6.45) is 0. The first-order chi connectivity index (χ1) is 6.92. The number of carbonyl (C=O) groups is 1. The average Bonchev–Trinajstić information content (AvgIpc) is 1.96. The molecular formula is C10H21LiO4Si2. The van der Waals surface area contributed by atoms with Crippen LogP contribution in [0.1, 0.15) is 6.92 Å². The van der Waals surface area contributed by atoms with Crippen molar-refractivity contribution in [3.63, 3.8) is 0 Å². The minimum absolute atomic E-state index is 0. The number of hydrogen-bond acceptors (Lipinski definition) is 4. The molecule has 0 aliphatic heterocycles. The van der Waals surface area contributed by atoms with Gasteiger partial charge in [-0.15, -0.1) is 0 Å². The quantitative estimate of drug-likeness (QED) is 0.365. The third-order valence-electron chi connectivity index (χ3n) is 1.41. The molecular weight excluding hydrogens is 247 g/mol. The summed E-state index contributed by atoms with van der Waals surface area (Å²) in [5.41, 5.74) is 0.0323. The van der Waals surface area contributed by atoms with E-state index in [1.54, 1.807) is 0 Å². The van der Waals surface area contributed by atoms with Gasteiger partial charge in [0.05, 0.1) is 11.5 Å². The van der Waals surface area contributed by atoms with Gasteiger partial charge in [0.15, 0.2) is 0 Å². The van der Waals surface area contributed by atoms with Gasteiger partial charge < -0.3 is 14.0 Å². The van der Waals surface area contributed by atoms with Crippen LogP contribution in [0.2, 0.25) is 39.3 Å². The molecule has 0 unspecified atom stereocenters. The van der Waals surface area contributed by atoms with Crippen molar-refractivity contribution in [1.29, 1.82) is 0 Å². The number of hydrogen-bond donors (Lipinski definition) is 0. The van der Waals surface area contributed by atoms with E-state index in [0.29, 0.717) is 0 Å². The van der Waals surface area contributed by atoms with E-state index in [9.17, 15) is 9.90 Å². The molecule has 17 heavy (non-hydrogen) atoms. The third-order valence-corrected chi connectivity index (χ3v) is 3.01. The molecule has 0 N–H and O–H groups in total. The van der Waals surface area contributed by atoms with Gasteiger partial charge in [-0.05, 0) is 26.6 Å². The molecule has 4 nitrogen and oxygen atoms in total. The third kappa shape index (κ3) is 9.53. The van der Waals surface area contributed by atoms with Crippen LogP contribution in [-0.4, -0.2) is 22.6 Å². The van der Waals surface area contributed by atoms with Gasteiger partial charge in [0.1, 0.15) is 8.32 Å². The molecule has 0 fully saturated rings. The second-order valence-electron chi connectivity index (χ2n) is 5.63. The Hall–Kier alpha value is -0.159. The van der Waals surface area contributed by atoms with Crippen molar-refractivity contribution < 1.29 is 37.6 Å². The summed E-state index contributed by atoms with van der Waals surface area (Å²) in [7, 11) is -3.91. The Morgan fingerprint density at radius 1 is 0.941 bits per heavy atom. The molecule has 0 spiro atoms.